The highest BCUT2D eigenvalue weighted by atomic mass is 79.9. The van der Waals surface area contributed by atoms with Crippen LogP contribution in [0.2, 0.25) is 5.02 Å². The predicted molar refractivity (Wildman–Crippen MR) is 86.8 cm³/mol. The molecule has 0 saturated heterocycles. The van der Waals surface area contributed by atoms with E-state index in [-0.39, 0.29) is 5.41 Å². The van der Waals surface area contributed by atoms with Crippen LogP contribution in [-0.2, 0) is 5.41 Å². The van der Waals surface area contributed by atoms with Crippen LogP contribution < -0.4 is 4.74 Å². The minimum absolute atomic E-state index is 0.0889. The van der Waals surface area contributed by atoms with E-state index in [9.17, 15) is 0 Å². The van der Waals surface area contributed by atoms with Crippen molar-refractivity contribution in [2.24, 2.45) is 0 Å². The van der Waals surface area contributed by atoms with Crippen LogP contribution in [-0.4, -0.2) is 6.61 Å². The van der Waals surface area contributed by atoms with Crippen LogP contribution in [0.3, 0.4) is 0 Å². The Bertz CT molecular complexity index is 617. The Morgan fingerprint density at radius 3 is 2.45 bits per heavy atom. The molecule has 0 amide bonds. The van der Waals surface area contributed by atoms with Crippen molar-refractivity contribution in [1.29, 1.82) is 0 Å². The van der Waals surface area contributed by atoms with E-state index in [4.69, 9.17) is 16.3 Å². The van der Waals surface area contributed by atoms with E-state index in [1.54, 1.807) is 0 Å². The zero-order valence-electron chi connectivity index (χ0n) is 11.3. The number of rotatable bonds is 4. The predicted octanol–water partition coefficient (Wildman–Crippen LogP) is 5.58. The van der Waals surface area contributed by atoms with E-state index >= 15 is 0 Å². The van der Waals surface area contributed by atoms with Gasteiger partial charge in [0.05, 0.1) is 6.61 Å². The lowest BCUT2D eigenvalue weighted by Gasteiger charge is -2.19. The molecule has 0 atom stereocenters. The third-order valence-corrected chi connectivity index (χ3v) is 4.73. The molecule has 104 valence electrons. The zero-order valence-corrected chi connectivity index (χ0v) is 13.7. The van der Waals surface area contributed by atoms with E-state index in [1.807, 2.05) is 31.2 Å². The van der Waals surface area contributed by atoms with Crippen molar-refractivity contribution >= 4 is 27.5 Å². The van der Waals surface area contributed by atoms with Gasteiger partial charge >= 0.3 is 0 Å². The van der Waals surface area contributed by atoms with Crippen molar-refractivity contribution in [2.75, 3.05) is 6.61 Å². The first-order valence-corrected chi connectivity index (χ1v) is 8.02. The molecule has 1 nitrogen and oxygen atoms in total. The van der Waals surface area contributed by atoms with Gasteiger partial charge in [0, 0.05) is 14.9 Å². The fourth-order valence-electron chi connectivity index (χ4n) is 2.74. The molecule has 1 saturated carbocycles. The maximum atomic E-state index is 6.41. The molecule has 3 heteroatoms. The summed E-state index contributed by atoms with van der Waals surface area (Å²) >= 11 is 9.95. The number of halogens is 2. The normalized spacial score (nSPS) is 15.9. The molecular weight excluding hydrogens is 336 g/mol. The molecule has 1 aliphatic carbocycles. The minimum Gasteiger partial charge on any atom is -0.494 e. The third kappa shape index (κ3) is 2.47. The summed E-state index contributed by atoms with van der Waals surface area (Å²) in [6.07, 6.45) is 2.30. The van der Waals surface area contributed by atoms with Crippen molar-refractivity contribution in [2.45, 2.75) is 25.2 Å². The first-order valence-electron chi connectivity index (χ1n) is 6.84. The molecule has 1 aliphatic rings. The maximum absolute atomic E-state index is 6.41. The SMILES string of the molecule is CCOc1ccc(C2(c3cc(Br)ccc3Cl)CC2)cc1. The summed E-state index contributed by atoms with van der Waals surface area (Å²) in [5.74, 6) is 0.924. The highest BCUT2D eigenvalue weighted by Gasteiger charge is 2.47. The second-order valence-electron chi connectivity index (χ2n) is 5.16. The Hall–Kier alpha value is -0.990. The first-order chi connectivity index (χ1) is 9.65. The monoisotopic (exact) mass is 350 g/mol. The average molecular weight is 352 g/mol. The van der Waals surface area contributed by atoms with E-state index in [2.05, 4.69) is 34.1 Å². The third-order valence-electron chi connectivity index (χ3n) is 3.91. The van der Waals surface area contributed by atoms with Crippen LogP contribution in [0, 0.1) is 0 Å². The Morgan fingerprint density at radius 2 is 1.85 bits per heavy atom. The van der Waals surface area contributed by atoms with E-state index < -0.39 is 0 Å². The van der Waals surface area contributed by atoms with Crippen LogP contribution in [0.1, 0.15) is 30.9 Å². The molecule has 0 N–H and O–H groups in total. The Morgan fingerprint density at radius 1 is 1.15 bits per heavy atom. The Balaban J connectivity index is 1.97. The molecule has 0 unspecified atom stereocenters. The average Bonchev–Trinajstić information content (AvgIpc) is 3.24. The number of benzene rings is 2. The Labute approximate surface area is 133 Å². The van der Waals surface area contributed by atoms with Crippen LogP contribution in [0.4, 0.5) is 0 Å². The summed E-state index contributed by atoms with van der Waals surface area (Å²) in [6, 6.07) is 14.5. The van der Waals surface area contributed by atoms with E-state index in [0.717, 1.165) is 28.1 Å². The summed E-state index contributed by atoms with van der Waals surface area (Å²) in [5, 5.41) is 0.847. The molecule has 3 rings (SSSR count). The topological polar surface area (TPSA) is 9.23 Å². The number of hydrogen-bond donors (Lipinski definition) is 0. The van der Waals surface area contributed by atoms with Gasteiger partial charge in [0.1, 0.15) is 5.75 Å². The molecule has 20 heavy (non-hydrogen) atoms. The van der Waals surface area contributed by atoms with Crippen molar-refractivity contribution in [3.05, 3.63) is 63.1 Å². The molecule has 2 aromatic rings. The Kier molecular flexibility index (Phi) is 3.78. The lowest BCUT2D eigenvalue weighted by molar-refractivity contribution is 0.340. The van der Waals surface area contributed by atoms with Crippen LogP contribution >= 0.6 is 27.5 Å². The fourth-order valence-corrected chi connectivity index (χ4v) is 3.40. The molecule has 2 aromatic carbocycles. The van der Waals surface area contributed by atoms with Gasteiger partial charge in [0.25, 0.3) is 0 Å². The lowest BCUT2D eigenvalue weighted by Crippen LogP contribution is -2.09. The van der Waals surface area contributed by atoms with Gasteiger partial charge in [-0.25, -0.2) is 0 Å². The molecule has 0 heterocycles. The largest absolute Gasteiger partial charge is 0.494 e. The van der Waals surface area contributed by atoms with Gasteiger partial charge in [0.2, 0.25) is 0 Å². The summed E-state index contributed by atoms with van der Waals surface area (Å²) in [4.78, 5) is 0. The van der Waals surface area contributed by atoms with Crippen molar-refractivity contribution in [1.82, 2.24) is 0 Å². The maximum Gasteiger partial charge on any atom is 0.119 e. The molecule has 0 radical (unpaired) electrons. The van der Waals surface area contributed by atoms with Gasteiger partial charge < -0.3 is 4.74 Å². The quantitative estimate of drug-likeness (QED) is 0.698. The summed E-state index contributed by atoms with van der Waals surface area (Å²) in [7, 11) is 0. The van der Waals surface area contributed by atoms with Gasteiger partial charge in [-0.15, -0.1) is 0 Å². The summed E-state index contributed by atoms with van der Waals surface area (Å²) < 4.78 is 6.59. The van der Waals surface area contributed by atoms with E-state index in [0.29, 0.717) is 6.61 Å². The zero-order chi connectivity index (χ0) is 14.2. The number of hydrogen-bond acceptors (Lipinski definition) is 1. The highest BCUT2D eigenvalue weighted by molar-refractivity contribution is 9.10. The van der Waals surface area contributed by atoms with Gasteiger partial charge in [-0.3, -0.25) is 0 Å². The standard InChI is InChI=1S/C17H16BrClO/c1-2-20-14-6-3-12(4-7-14)17(9-10-17)15-11-13(18)5-8-16(15)19/h3-8,11H,2,9-10H2,1H3. The van der Waals surface area contributed by atoms with Gasteiger partial charge in [-0.2, -0.15) is 0 Å². The van der Waals surface area contributed by atoms with Crippen LogP contribution in [0.5, 0.6) is 5.75 Å². The van der Waals surface area contributed by atoms with Crippen LogP contribution in [0.15, 0.2) is 46.9 Å². The van der Waals surface area contributed by atoms with Gasteiger partial charge in [-0.1, -0.05) is 39.7 Å². The molecule has 1 fully saturated rings. The number of ether oxygens (including phenoxy) is 1. The molecular formula is C17H16BrClO. The minimum atomic E-state index is 0.0889. The molecule has 0 spiro atoms. The molecule has 0 bridgehead atoms. The first kappa shape index (κ1) is 14.0. The molecule has 0 aromatic heterocycles. The van der Waals surface area contributed by atoms with Crippen molar-refractivity contribution < 1.29 is 4.74 Å². The molecule has 0 aliphatic heterocycles. The van der Waals surface area contributed by atoms with E-state index in [1.165, 1.54) is 11.1 Å². The fraction of sp³-hybridized carbons (Fsp3) is 0.294. The second kappa shape index (κ2) is 5.42. The summed E-state index contributed by atoms with van der Waals surface area (Å²) in [6.45, 7) is 2.69. The smallest absolute Gasteiger partial charge is 0.119 e. The highest BCUT2D eigenvalue weighted by Crippen LogP contribution is 2.55. The van der Waals surface area contributed by atoms with Crippen molar-refractivity contribution in [3.63, 3.8) is 0 Å². The summed E-state index contributed by atoms with van der Waals surface area (Å²) in [5.41, 5.74) is 2.63. The van der Waals surface area contributed by atoms with Gasteiger partial charge in [-0.05, 0) is 61.2 Å². The second-order valence-corrected chi connectivity index (χ2v) is 6.49. The van der Waals surface area contributed by atoms with Crippen molar-refractivity contribution in [3.8, 4) is 5.75 Å². The van der Waals surface area contributed by atoms with Crippen LogP contribution in [0.25, 0.3) is 0 Å². The van der Waals surface area contributed by atoms with Gasteiger partial charge in [0.15, 0.2) is 0 Å². The lowest BCUT2D eigenvalue weighted by atomic mass is 9.88.